The number of aryl methyl sites for hydroxylation is 1. The van der Waals surface area contributed by atoms with E-state index in [2.05, 4.69) is 16.6 Å². The van der Waals surface area contributed by atoms with Gasteiger partial charge < -0.3 is 20.1 Å². The predicted molar refractivity (Wildman–Crippen MR) is 185 cm³/mol. The van der Waals surface area contributed by atoms with Crippen LogP contribution in [0.5, 0.6) is 5.75 Å². The van der Waals surface area contributed by atoms with E-state index >= 15 is 0 Å². The number of benzene rings is 2. The molecule has 4 atom stereocenters. The van der Waals surface area contributed by atoms with Gasteiger partial charge in [0.2, 0.25) is 10.0 Å². The number of nitrogens with zero attached hydrogens (tertiary/aromatic N) is 3. The van der Waals surface area contributed by atoms with Crippen molar-refractivity contribution in [2.24, 2.45) is 5.92 Å². The predicted octanol–water partition coefficient (Wildman–Crippen LogP) is 4.79. The number of aromatic nitrogens is 1. The third kappa shape index (κ3) is 8.80. The van der Waals surface area contributed by atoms with E-state index in [1.165, 1.54) is 23.5 Å². The maximum Gasteiger partial charge on any atom is 0.254 e. The number of carbonyl (C=O) groups is 2. The number of hydrogen-bond donors (Lipinski definition) is 2. The Balaban J connectivity index is 1.52. The van der Waals surface area contributed by atoms with Gasteiger partial charge in [-0.3, -0.25) is 9.59 Å². The van der Waals surface area contributed by atoms with Crippen molar-refractivity contribution in [3.05, 3.63) is 75.7 Å². The summed E-state index contributed by atoms with van der Waals surface area (Å²) in [7, 11) is -3.26. The summed E-state index contributed by atoms with van der Waals surface area (Å²) in [5.74, 6) is -0.106. The van der Waals surface area contributed by atoms with Crippen LogP contribution in [-0.4, -0.2) is 97.5 Å². The van der Waals surface area contributed by atoms with Gasteiger partial charge in [-0.25, -0.2) is 13.4 Å². The Hall–Kier alpha value is -3.15. The molecule has 46 heavy (non-hydrogen) atoms. The third-order valence-corrected chi connectivity index (χ3v) is 11.7. The molecule has 1 aliphatic rings. The zero-order valence-electron chi connectivity index (χ0n) is 27.0. The number of amides is 2. The lowest BCUT2D eigenvalue weighted by atomic mass is 10.1. The Morgan fingerprint density at radius 3 is 2.50 bits per heavy atom. The van der Waals surface area contributed by atoms with Crippen molar-refractivity contribution in [1.82, 2.24) is 19.5 Å². The third-order valence-electron chi connectivity index (χ3n) is 7.75. The van der Waals surface area contributed by atoms with Gasteiger partial charge in [0.05, 0.1) is 50.7 Å². The number of carbonyl (C=O) groups excluding carboxylic acids is 2. The second-order valence-electron chi connectivity index (χ2n) is 12.1. The molecule has 2 N–H and O–H groups in total. The topological polar surface area (TPSA) is 129 Å². The van der Waals surface area contributed by atoms with E-state index in [1.807, 2.05) is 37.7 Å². The Labute approximate surface area is 277 Å². The average molecular weight is 688 g/mol. The first kappa shape index (κ1) is 35.7. The summed E-state index contributed by atoms with van der Waals surface area (Å²) >= 11 is 1.55. The van der Waals surface area contributed by atoms with Gasteiger partial charge in [-0.05, 0) is 68.1 Å². The van der Waals surface area contributed by atoms with Crippen molar-refractivity contribution in [3.63, 3.8) is 0 Å². The van der Waals surface area contributed by atoms with E-state index < -0.39 is 35.6 Å². The summed E-state index contributed by atoms with van der Waals surface area (Å²) in [5.41, 5.74) is 1.60. The van der Waals surface area contributed by atoms with Crippen molar-refractivity contribution < 1.29 is 27.9 Å². The molecule has 2 aromatic carbocycles. The highest BCUT2D eigenvalue weighted by atomic mass is 32.2. The molecule has 2 heterocycles. The Bertz CT molecular complexity index is 1640. The molecule has 3 aromatic rings. The summed E-state index contributed by atoms with van der Waals surface area (Å²) < 4.78 is 33.7. The minimum atomic E-state index is -3.96. The smallest absolute Gasteiger partial charge is 0.254 e. The minimum Gasteiger partial charge on any atom is -0.497 e. The molecule has 1 aromatic heterocycles. The average Bonchev–Trinajstić information content (AvgIpc) is 3.68. The number of rotatable bonds is 14. The second-order valence-corrected chi connectivity index (χ2v) is 17.0. The van der Waals surface area contributed by atoms with Crippen LogP contribution in [0.3, 0.4) is 0 Å². The van der Waals surface area contributed by atoms with Crippen LogP contribution in [0.15, 0.2) is 58.8 Å². The maximum absolute atomic E-state index is 13.7. The number of thiazole rings is 1. The number of likely N-dealkylation sites (tertiary alicyclic amines) is 1. The van der Waals surface area contributed by atoms with Crippen molar-refractivity contribution in [1.29, 1.82) is 0 Å². The quantitative estimate of drug-likeness (QED) is 0.233. The van der Waals surface area contributed by atoms with Crippen LogP contribution in [0.1, 0.15) is 64.1 Å². The molecule has 0 radical (unpaired) electrons. The summed E-state index contributed by atoms with van der Waals surface area (Å²) in [4.78, 5) is 33.7. The number of ether oxygens (including phenoxy) is 1. The minimum absolute atomic E-state index is 0.0143. The molecule has 1 aliphatic heterocycles. The van der Waals surface area contributed by atoms with Gasteiger partial charge in [0.1, 0.15) is 16.9 Å². The summed E-state index contributed by atoms with van der Waals surface area (Å²) in [6.45, 7) is 8.25. The SMILES string of the molecule is C=[P+](C)CC(NC(=O)c1cccc(C(=O)N2CCCC2c2nc(C)cs2)c1)C(O)CN(CC(C)C)S(=O)(=O)c1ccc(OC)cc1. The van der Waals surface area contributed by atoms with Gasteiger partial charge in [0.25, 0.3) is 11.8 Å². The zero-order valence-corrected chi connectivity index (χ0v) is 29.6. The second kappa shape index (κ2) is 15.6. The standard InChI is InChI=1S/C33H43N4O6PS2/c1-22(2)18-36(46(41,42)27-14-12-26(43-4)13-15-27)19-30(38)28(20-44(5)6)35-31(39)24-9-7-10-25(17-24)33(40)37-16-8-11-29(37)32-34-23(3)21-45-32/h7,9-10,12-15,17,21-22,28-30,38H,5,8,11,16,18-20H2,1-4,6H3/p+1. The van der Waals surface area contributed by atoms with Crippen LogP contribution in [0.4, 0.5) is 0 Å². The van der Waals surface area contributed by atoms with Gasteiger partial charge in [-0.15, -0.1) is 11.3 Å². The van der Waals surface area contributed by atoms with E-state index in [9.17, 15) is 23.1 Å². The number of hydrogen-bond acceptors (Lipinski definition) is 8. The first-order valence-corrected chi connectivity index (χ1v) is 19.8. The van der Waals surface area contributed by atoms with Crippen molar-refractivity contribution in [2.45, 2.75) is 56.7 Å². The number of sulfonamides is 1. The van der Waals surface area contributed by atoms with Gasteiger partial charge in [-0.2, -0.15) is 4.31 Å². The van der Waals surface area contributed by atoms with Gasteiger partial charge in [0.15, 0.2) is 0 Å². The molecule has 0 bridgehead atoms. The Morgan fingerprint density at radius 2 is 1.89 bits per heavy atom. The molecule has 4 rings (SSSR count). The molecule has 4 unspecified atom stereocenters. The highest BCUT2D eigenvalue weighted by Gasteiger charge is 2.34. The number of aliphatic hydroxyl groups is 1. The summed E-state index contributed by atoms with van der Waals surface area (Å²) in [6, 6.07) is 11.8. The van der Waals surface area contributed by atoms with E-state index in [0.29, 0.717) is 24.0 Å². The summed E-state index contributed by atoms with van der Waals surface area (Å²) in [6.07, 6.45) is 4.98. The molecule has 2 amide bonds. The first-order chi connectivity index (χ1) is 21.8. The molecule has 1 saturated heterocycles. The molecule has 0 spiro atoms. The molecular formula is C33H44N4O6PS2+. The van der Waals surface area contributed by atoms with Gasteiger partial charge in [-0.1, -0.05) is 19.9 Å². The summed E-state index contributed by atoms with van der Waals surface area (Å²) in [5, 5.41) is 17.2. The van der Waals surface area contributed by atoms with Crippen LogP contribution >= 0.6 is 18.9 Å². The fourth-order valence-corrected chi connectivity index (χ4v) is 9.08. The van der Waals surface area contributed by atoms with Crippen LogP contribution < -0.4 is 10.1 Å². The lowest BCUT2D eigenvalue weighted by Gasteiger charge is -2.29. The van der Waals surface area contributed by atoms with Gasteiger partial charge >= 0.3 is 0 Å². The van der Waals surface area contributed by atoms with Crippen LogP contribution in [0, 0.1) is 12.8 Å². The zero-order chi connectivity index (χ0) is 33.6. The lowest BCUT2D eigenvalue weighted by Crippen LogP contribution is -2.51. The van der Waals surface area contributed by atoms with E-state index in [1.54, 1.807) is 47.7 Å². The molecule has 0 saturated carbocycles. The first-order valence-electron chi connectivity index (χ1n) is 15.3. The molecule has 248 valence electrons. The number of aliphatic hydroxyl groups excluding tert-OH is 1. The lowest BCUT2D eigenvalue weighted by molar-refractivity contribution is 0.0735. The van der Waals surface area contributed by atoms with Crippen molar-refractivity contribution in [2.75, 3.05) is 39.6 Å². The molecule has 1 fully saturated rings. The molecule has 0 aliphatic carbocycles. The van der Waals surface area contributed by atoms with Crippen LogP contribution in [-0.2, 0) is 10.0 Å². The van der Waals surface area contributed by atoms with Crippen LogP contribution in [0.2, 0.25) is 0 Å². The highest BCUT2D eigenvalue weighted by Crippen LogP contribution is 2.35. The van der Waals surface area contributed by atoms with Crippen molar-refractivity contribution >= 4 is 47.0 Å². The fourth-order valence-electron chi connectivity index (χ4n) is 5.51. The number of nitrogens with one attached hydrogen (secondary N) is 1. The largest absolute Gasteiger partial charge is 0.497 e. The Morgan fingerprint density at radius 1 is 1.20 bits per heavy atom. The fraction of sp³-hybridized carbons (Fsp3) is 0.455. The van der Waals surface area contributed by atoms with Gasteiger partial charge in [0, 0.05) is 41.8 Å². The monoisotopic (exact) mass is 687 g/mol. The Kier molecular flexibility index (Phi) is 12.1. The molecule has 10 nitrogen and oxygen atoms in total. The van der Waals surface area contributed by atoms with E-state index in [4.69, 9.17) is 4.74 Å². The van der Waals surface area contributed by atoms with E-state index in [0.717, 1.165) is 23.5 Å². The number of methoxy groups -OCH3 is 1. The highest BCUT2D eigenvalue weighted by molar-refractivity contribution is 7.89. The molecular weight excluding hydrogens is 643 g/mol. The van der Waals surface area contributed by atoms with E-state index in [-0.39, 0.29) is 41.4 Å². The maximum atomic E-state index is 13.7. The van der Waals surface area contributed by atoms with Crippen LogP contribution in [0.25, 0.3) is 0 Å². The normalized spacial score (nSPS) is 16.8. The molecule has 13 heteroatoms. The van der Waals surface area contributed by atoms with Crippen molar-refractivity contribution in [3.8, 4) is 5.75 Å².